The van der Waals surface area contributed by atoms with E-state index >= 15 is 0 Å². The second-order valence-electron chi connectivity index (χ2n) is 4.08. The lowest BCUT2D eigenvalue weighted by Crippen LogP contribution is -2.13. The van der Waals surface area contributed by atoms with E-state index in [1.165, 1.54) is 10.4 Å². The van der Waals surface area contributed by atoms with Crippen LogP contribution in [0.25, 0.3) is 0 Å². The van der Waals surface area contributed by atoms with Gasteiger partial charge in [0.05, 0.1) is 7.05 Å². The number of aryl methyl sites for hydroxylation is 2. The summed E-state index contributed by atoms with van der Waals surface area (Å²) in [6.07, 6.45) is 1.76. The van der Waals surface area contributed by atoms with Crippen molar-refractivity contribution in [2.45, 2.75) is 18.8 Å². The van der Waals surface area contributed by atoms with Gasteiger partial charge in [0.1, 0.15) is 0 Å². The predicted molar refractivity (Wildman–Crippen MR) is 65.4 cm³/mol. The highest BCUT2D eigenvalue weighted by Crippen LogP contribution is 2.19. The van der Waals surface area contributed by atoms with Crippen LogP contribution in [0.2, 0.25) is 0 Å². The Hall–Kier alpha value is -1.75. The summed E-state index contributed by atoms with van der Waals surface area (Å²) >= 11 is 0. The van der Waals surface area contributed by atoms with Gasteiger partial charge in [-0.1, -0.05) is 30.3 Å². The van der Waals surface area contributed by atoms with Gasteiger partial charge in [0, 0.05) is 6.42 Å². The van der Waals surface area contributed by atoms with Crippen LogP contribution in [0.3, 0.4) is 0 Å². The molecule has 0 saturated heterocycles. The summed E-state index contributed by atoms with van der Waals surface area (Å²) in [6, 6.07) is 10.3. The second-order valence-corrected chi connectivity index (χ2v) is 4.08. The quantitative estimate of drug-likeness (QED) is 0.829. The van der Waals surface area contributed by atoms with Crippen molar-refractivity contribution in [1.82, 2.24) is 20.2 Å². The van der Waals surface area contributed by atoms with E-state index in [9.17, 15) is 0 Å². The van der Waals surface area contributed by atoms with Crippen LogP contribution in [0.5, 0.6) is 0 Å². The highest BCUT2D eigenvalue weighted by atomic mass is 15.6. The summed E-state index contributed by atoms with van der Waals surface area (Å²) in [5.41, 5.74) is 7.09. The Balaban J connectivity index is 1.97. The number of nitrogens with two attached hydrogens (primary N) is 1. The van der Waals surface area contributed by atoms with Gasteiger partial charge in [-0.3, -0.25) is 0 Å². The minimum atomic E-state index is 0.361. The molecule has 1 atom stereocenters. The molecule has 2 aromatic rings. The maximum absolute atomic E-state index is 5.81. The lowest BCUT2D eigenvalue weighted by Gasteiger charge is -2.13. The molecule has 0 aliphatic carbocycles. The number of tetrazole rings is 1. The van der Waals surface area contributed by atoms with Gasteiger partial charge in [0.2, 0.25) is 0 Å². The van der Waals surface area contributed by atoms with Gasteiger partial charge in [-0.2, -0.15) is 4.80 Å². The first-order chi connectivity index (χ1) is 8.29. The van der Waals surface area contributed by atoms with Crippen LogP contribution in [0.15, 0.2) is 30.3 Å². The number of aromatic nitrogens is 4. The molecule has 1 aromatic carbocycles. The molecule has 0 amide bonds. The fourth-order valence-electron chi connectivity index (χ4n) is 1.87. The Morgan fingerprint density at radius 1 is 1.29 bits per heavy atom. The molecule has 0 bridgehead atoms. The molecule has 5 nitrogen and oxygen atoms in total. The summed E-state index contributed by atoms with van der Waals surface area (Å²) in [6.45, 7) is 0.643. The van der Waals surface area contributed by atoms with Crippen LogP contribution in [-0.4, -0.2) is 26.8 Å². The lowest BCUT2D eigenvalue weighted by atomic mass is 9.94. The topological polar surface area (TPSA) is 69.6 Å². The molecule has 0 radical (unpaired) electrons. The fourth-order valence-corrected chi connectivity index (χ4v) is 1.87. The Bertz CT molecular complexity index is 451. The molecule has 0 saturated carbocycles. The fraction of sp³-hybridized carbons (Fsp3) is 0.417. The van der Waals surface area contributed by atoms with E-state index in [4.69, 9.17) is 5.73 Å². The first-order valence-corrected chi connectivity index (χ1v) is 5.77. The zero-order valence-corrected chi connectivity index (χ0v) is 9.95. The largest absolute Gasteiger partial charge is 0.330 e. The van der Waals surface area contributed by atoms with Crippen molar-refractivity contribution in [2.75, 3.05) is 6.54 Å². The average molecular weight is 231 g/mol. The third-order valence-electron chi connectivity index (χ3n) is 2.82. The van der Waals surface area contributed by atoms with Gasteiger partial charge in [-0.25, -0.2) is 0 Å². The van der Waals surface area contributed by atoms with E-state index in [0.29, 0.717) is 12.5 Å². The average Bonchev–Trinajstić information content (AvgIpc) is 2.77. The predicted octanol–water partition coefficient (Wildman–Crippen LogP) is 0.885. The smallest absolute Gasteiger partial charge is 0.174 e. The maximum atomic E-state index is 5.81. The van der Waals surface area contributed by atoms with E-state index in [1.54, 1.807) is 7.05 Å². The van der Waals surface area contributed by atoms with Crippen molar-refractivity contribution >= 4 is 0 Å². The van der Waals surface area contributed by atoms with E-state index in [0.717, 1.165) is 18.7 Å². The Morgan fingerprint density at radius 3 is 2.65 bits per heavy atom. The number of rotatable bonds is 5. The normalized spacial score (nSPS) is 12.6. The maximum Gasteiger partial charge on any atom is 0.174 e. The SMILES string of the molecule is Cn1nnc(CCC(CN)c2ccccc2)n1. The van der Waals surface area contributed by atoms with Crippen LogP contribution in [0, 0.1) is 0 Å². The van der Waals surface area contributed by atoms with E-state index in [1.807, 2.05) is 18.2 Å². The number of hydrogen-bond donors (Lipinski definition) is 1. The highest BCUT2D eigenvalue weighted by molar-refractivity contribution is 5.19. The molecule has 0 aliphatic rings. The van der Waals surface area contributed by atoms with E-state index < -0.39 is 0 Å². The molecule has 2 rings (SSSR count). The zero-order valence-electron chi connectivity index (χ0n) is 9.95. The molecular weight excluding hydrogens is 214 g/mol. The van der Waals surface area contributed by atoms with E-state index in [2.05, 4.69) is 27.5 Å². The van der Waals surface area contributed by atoms with Gasteiger partial charge in [0.15, 0.2) is 5.82 Å². The van der Waals surface area contributed by atoms with Crippen LogP contribution < -0.4 is 5.73 Å². The number of hydrogen-bond acceptors (Lipinski definition) is 4. The molecular formula is C12H17N5. The molecule has 1 aromatic heterocycles. The van der Waals surface area contributed by atoms with Gasteiger partial charge in [0.25, 0.3) is 0 Å². The summed E-state index contributed by atoms with van der Waals surface area (Å²) in [7, 11) is 1.77. The molecule has 0 fully saturated rings. The minimum Gasteiger partial charge on any atom is -0.330 e. The molecule has 0 spiro atoms. The molecule has 90 valence electrons. The molecule has 5 heteroatoms. The Morgan fingerprint density at radius 2 is 2.06 bits per heavy atom. The van der Waals surface area contributed by atoms with Crippen molar-refractivity contribution in [2.24, 2.45) is 12.8 Å². The van der Waals surface area contributed by atoms with Crippen molar-refractivity contribution in [3.63, 3.8) is 0 Å². The van der Waals surface area contributed by atoms with Crippen LogP contribution in [0.4, 0.5) is 0 Å². The monoisotopic (exact) mass is 231 g/mol. The van der Waals surface area contributed by atoms with Gasteiger partial charge in [-0.15, -0.1) is 10.2 Å². The molecule has 1 heterocycles. The summed E-state index contributed by atoms with van der Waals surface area (Å²) < 4.78 is 0. The number of nitrogens with zero attached hydrogens (tertiary/aromatic N) is 4. The van der Waals surface area contributed by atoms with Crippen molar-refractivity contribution < 1.29 is 0 Å². The van der Waals surface area contributed by atoms with Gasteiger partial charge < -0.3 is 5.73 Å². The standard InChI is InChI=1S/C12H17N5/c1-17-15-12(14-16-17)8-7-11(9-13)10-5-3-2-4-6-10/h2-6,11H,7-9,13H2,1H3. The van der Waals surface area contributed by atoms with Crippen molar-refractivity contribution in [3.8, 4) is 0 Å². The second kappa shape index (κ2) is 5.54. The Labute approximate surface area is 101 Å². The molecule has 2 N–H and O–H groups in total. The molecule has 0 aliphatic heterocycles. The van der Waals surface area contributed by atoms with Crippen molar-refractivity contribution in [1.29, 1.82) is 0 Å². The third kappa shape index (κ3) is 3.10. The zero-order chi connectivity index (χ0) is 12.1. The minimum absolute atomic E-state index is 0.361. The van der Waals surface area contributed by atoms with Crippen LogP contribution in [-0.2, 0) is 13.5 Å². The molecule has 1 unspecified atom stereocenters. The third-order valence-corrected chi connectivity index (χ3v) is 2.82. The van der Waals surface area contributed by atoms with E-state index in [-0.39, 0.29) is 0 Å². The summed E-state index contributed by atoms with van der Waals surface area (Å²) in [4.78, 5) is 1.48. The highest BCUT2D eigenvalue weighted by Gasteiger charge is 2.11. The Kier molecular flexibility index (Phi) is 3.82. The first kappa shape index (κ1) is 11.7. The van der Waals surface area contributed by atoms with Crippen LogP contribution in [0.1, 0.15) is 23.7 Å². The number of benzene rings is 1. The van der Waals surface area contributed by atoms with Crippen LogP contribution >= 0.6 is 0 Å². The van der Waals surface area contributed by atoms with Gasteiger partial charge >= 0.3 is 0 Å². The lowest BCUT2D eigenvalue weighted by molar-refractivity contribution is 0.608. The summed E-state index contributed by atoms with van der Waals surface area (Å²) in [5, 5.41) is 12.0. The summed E-state index contributed by atoms with van der Waals surface area (Å²) in [5.74, 6) is 1.14. The first-order valence-electron chi connectivity index (χ1n) is 5.77. The molecule has 17 heavy (non-hydrogen) atoms. The van der Waals surface area contributed by atoms with Crippen molar-refractivity contribution in [3.05, 3.63) is 41.7 Å². The van der Waals surface area contributed by atoms with Gasteiger partial charge in [-0.05, 0) is 29.7 Å².